The second-order valence-corrected chi connectivity index (χ2v) is 7.50. The van der Waals surface area contributed by atoms with Gasteiger partial charge in [0.25, 0.3) is 5.91 Å². The maximum Gasteiger partial charge on any atom is 0.282 e. The molecule has 1 N–H and O–H groups in total. The van der Waals surface area contributed by atoms with Crippen LogP contribution >= 0.6 is 0 Å². The molecule has 3 aromatic carbocycles. The predicted octanol–water partition coefficient (Wildman–Crippen LogP) is 4.22. The van der Waals surface area contributed by atoms with Gasteiger partial charge in [-0.05, 0) is 48.0 Å². The molecule has 2 amide bonds. The van der Waals surface area contributed by atoms with E-state index in [9.17, 15) is 14.7 Å². The van der Waals surface area contributed by atoms with E-state index in [1.165, 1.54) is 25.0 Å². The molecule has 1 aliphatic heterocycles. The Hall–Kier alpha value is -4.39. The number of aliphatic imine (C=N–C) groups is 1. The lowest BCUT2D eigenvalue weighted by Crippen LogP contribution is -2.32. The van der Waals surface area contributed by atoms with Gasteiger partial charge in [0, 0.05) is 25.2 Å². The molecule has 3 aromatic rings. The van der Waals surface area contributed by atoms with Crippen LogP contribution in [0.25, 0.3) is 6.08 Å². The summed E-state index contributed by atoms with van der Waals surface area (Å²) in [6.45, 7) is 1.49. The highest BCUT2D eigenvalue weighted by atomic mass is 16.5. The summed E-state index contributed by atoms with van der Waals surface area (Å²) in [5.41, 5.74) is 3.08. The number of phenolic OH excluding ortho intramolecular Hbond substituents is 1. The van der Waals surface area contributed by atoms with Gasteiger partial charge in [0.1, 0.15) is 11.5 Å². The largest absolute Gasteiger partial charge is 0.504 e. The molecule has 0 bridgehead atoms. The van der Waals surface area contributed by atoms with Gasteiger partial charge >= 0.3 is 0 Å². The fourth-order valence-electron chi connectivity index (χ4n) is 3.49. The van der Waals surface area contributed by atoms with Crippen molar-refractivity contribution < 1.29 is 19.4 Å². The lowest BCUT2D eigenvalue weighted by molar-refractivity contribution is -0.116. The third-order valence-corrected chi connectivity index (χ3v) is 5.37. The molecule has 4 rings (SSSR count). The highest BCUT2D eigenvalue weighted by Crippen LogP contribution is 2.31. The van der Waals surface area contributed by atoms with E-state index in [0.29, 0.717) is 22.8 Å². The Morgan fingerprint density at radius 1 is 1.06 bits per heavy atom. The average Bonchev–Trinajstić information content (AvgIpc) is 3.16. The molecular formula is C26H23N3O4. The van der Waals surface area contributed by atoms with Crippen LogP contribution in [0.5, 0.6) is 11.5 Å². The minimum Gasteiger partial charge on any atom is -0.504 e. The minimum absolute atomic E-state index is 0.0168. The van der Waals surface area contributed by atoms with Crippen molar-refractivity contribution in [3.63, 3.8) is 0 Å². The number of amides is 2. The number of carbonyl (C=O) groups excluding carboxylic acids is 2. The number of hydrogen-bond donors (Lipinski definition) is 1. The molecule has 0 saturated heterocycles. The summed E-state index contributed by atoms with van der Waals surface area (Å²) in [4.78, 5) is 32.8. The number of nitrogens with zero attached hydrogens (tertiary/aromatic N) is 3. The number of carbonyl (C=O) groups is 2. The Bertz CT molecular complexity index is 1260. The summed E-state index contributed by atoms with van der Waals surface area (Å²) < 4.78 is 5.17. The van der Waals surface area contributed by atoms with E-state index >= 15 is 0 Å². The number of ether oxygens (including phenoxy) is 1. The van der Waals surface area contributed by atoms with Crippen molar-refractivity contribution in [2.75, 3.05) is 24.0 Å². The van der Waals surface area contributed by atoms with Crippen molar-refractivity contribution >= 4 is 35.1 Å². The van der Waals surface area contributed by atoms with Crippen LogP contribution in [0.1, 0.15) is 18.1 Å². The first-order valence-corrected chi connectivity index (χ1v) is 10.3. The fourth-order valence-corrected chi connectivity index (χ4v) is 3.49. The van der Waals surface area contributed by atoms with E-state index in [2.05, 4.69) is 4.99 Å². The molecular weight excluding hydrogens is 418 g/mol. The number of methoxy groups -OCH3 is 1. The standard InChI is InChI=1S/C26H23N3O4/c1-17(30)28(2)20-10-12-21(13-11-20)29-25(19-7-5-4-6-8-19)27-22(26(29)32)15-18-9-14-23(31)24(16-18)33-3/h4-16,31H,1-3H3/b22-15+. The second kappa shape index (κ2) is 9.00. The van der Waals surface area contributed by atoms with Gasteiger partial charge in [0.2, 0.25) is 5.91 Å². The van der Waals surface area contributed by atoms with Crippen LogP contribution in [0.4, 0.5) is 11.4 Å². The van der Waals surface area contributed by atoms with E-state index in [0.717, 1.165) is 11.3 Å². The Labute approximate surface area is 191 Å². The smallest absolute Gasteiger partial charge is 0.282 e. The van der Waals surface area contributed by atoms with Gasteiger partial charge in [-0.3, -0.25) is 14.5 Å². The molecule has 166 valence electrons. The molecule has 0 atom stereocenters. The average molecular weight is 441 g/mol. The second-order valence-electron chi connectivity index (χ2n) is 7.50. The molecule has 1 heterocycles. The summed E-state index contributed by atoms with van der Waals surface area (Å²) in [7, 11) is 3.16. The van der Waals surface area contributed by atoms with Crippen molar-refractivity contribution in [3.05, 3.63) is 89.6 Å². The third-order valence-electron chi connectivity index (χ3n) is 5.37. The quantitative estimate of drug-likeness (QED) is 0.601. The first kappa shape index (κ1) is 21.8. The van der Waals surface area contributed by atoms with Crippen LogP contribution in [0.2, 0.25) is 0 Å². The van der Waals surface area contributed by atoms with Gasteiger partial charge in [-0.2, -0.15) is 0 Å². The molecule has 1 aliphatic rings. The molecule has 0 fully saturated rings. The SMILES string of the molecule is COc1cc(/C=C2/N=C(c3ccccc3)N(c3ccc(N(C)C(C)=O)cc3)C2=O)ccc1O. The predicted molar refractivity (Wildman–Crippen MR) is 129 cm³/mol. The number of benzene rings is 3. The van der Waals surface area contributed by atoms with E-state index in [1.807, 2.05) is 30.3 Å². The number of hydrogen-bond acceptors (Lipinski definition) is 5. The molecule has 0 saturated carbocycles. The van der Waals surface area contributed by atoms with Gasteiger partial charge in [-0.15, -0.1) is 0 Å². The van der Waals surface area contributed by atoms with Crippen molar-refractivity contribution in [1.29, 1.82) is 0 Å². The summed E-state index contributed by atoms with van der Waals surface area (Å²) >= 11 is 0. The third kappa shape index (κ3) is 4.34. The highest BCUT2D eigenvalue weighted by molar-refractivity contribution is 6.33. The number of amidine groups is 1. The molecule has 0 aromatic heterocycles. The first-order chi connectivity index (χ1) is 15.9. The normalized spacial score (nSPS) is 14.4. The summed E-state index contributed by atoms with van der Waals surface area (Å²) in [6, 6.07) is 21.5. The number of phenols is 1. The number of anilines is 2. The van der Waals surface area contributed by atoms with Crippen LogP contribution in [0, 0.1) is 0 Å². The molecule has 0 aliphatic carbocycles. The lowest BCUT2D eigenvalue weighted by atomic mass is 10.1. The van der Waals surface area contributed by atoms with Crippen molar-refractivity contribution in [1.82, 2.24) is 0 Å². The monoisotopic (exact) mass is 441 g/mol. The molecule has 7 heteroatoms. The van der Waals surface area contributed by atoms with E-state index in [4.69, 9.17) is 4.74 Å². The van der Waals surface area contributed by atoms with Crippen LogP contribution in [-0.2, 0) is 9.59 Å². The van der Waals surface area contributed by atoms with Crippen LogP contribution in [0.15, 0.2) is 83.5 Å². The van der Waals surface area contributed by atoms with Gasteiger partial charge < -0.3 is 14.7 Å². The van der Waals surface area contributed by atoms with Gasteiger partial charge in [0.15, 0.2) is 11.5 Å². The zero-order valence-electron chi connectivity index (χ0n) is 18.5. The Kier molecular flexibility index (Phi) is 5.95. The lowest BCUT2D eigenvalue weighted by Gasteiger charge is -2.20. The van der Waals surface area contributed by atoms with Crippen molar-refractivity contribution in [2.24, 2.45) is 4.99 Å². The van der Waals surface area contributed by atoms with Gasteiger partial charge in [-0.25, -0.2) is 4.99 Å². The number of aromatic hydroxyl groups is 1. The molecule has 0 unspecified atom stereocenters. The zero-order valence-corrected chi connectivity index (χ0v) is 18.5. The minimum atomic E-state index is -0.284. The Morgan fingerprint density at radius 2 is 1.76 bits per heavy atom. The number of rotatable bonds is 5. The van der Waals surface area contributed by atoms with Crippen LogP contribution < -0.4 is 14.5 Å². The van der Waals surface area contributed by atoms with Crippen molar-refractivity contribution in [3.8, 4) is 11.5 Å². The van der Waals surface area contributed by atoms with Crippen LogP contribution in [-0.4, -0.2) is 36.9 Å². The molecule has 7 nitrogen and oxygen atoms in total. The highest BCUT2D eigenvalue weighted by Gasteiger charge is 2.32. The van der Waals surface area contributed by atoms with E-state index < -0.39 is 0 Å². The summed E-state index contributed by atoms with van der Waals surface area (Å²) in [6.07, 6.45) is 1.66. The molecule has 0 spiro atoms. The zero-order chi connectivity index (χ0) is 23.5. The molecule has 33 heavy (non-hydrogen) atoms. The topological polar surface area (TPSA) is 82.4 Å². The maximum atomic E-state index is 13.4. The summed E-state index contributed by atoms with van der Waals surface area (Å²) in [5.74, 6) is 0.465. The summed E-state index contributed by atoms with van der Waals surface area (Å²) in [5, 5.41) is 9.85. The van der Waals surface area contributed by atoms with E-state index in [-0.39, 0.29) is 23.3 Å². The maximum absolute atomic E-state index is 13.4. The van der Waals surface area contributed by atoms with Crippen molar-refractivity contribution in [2.45, 2.75) is 6.92 Å². The molecule has 0 radical (unpaired) electrons. The van der Waals surface area contributed by atoms with Gasteiger partial charge in [0.05, 0.1) is 12.8 Å². The fraction of sp³-hybridized carbons (Fsp3) is 0.115. The van der Waals surface area contributed by atoms with Crippen LogP contribution in [0.3, 0.4) is 0 Å². The van der Waals surface area contributed by atoms with Gasteiger partial charge in [-0.1, -0.05) is 36.4 Å². The van der Waals surface area contributed by atoms with E-state index in [1.54, 1.807) is 54.4 Å². The Morgan fingerprint density at radius 3 is 2.39 bits per heavy atom. The Balaban J connectivity index is 1.76. The first-order valence-electron chi connectivity index (χ1n) is 10.3.